The molecule has 0 spiro atoms. The normalized spacial score (nSPS) is 8.57. The Labute approximate surface area is 122 Å². The number of pyridine rings is 1. The van der Waals surface area contributed by atoms with E-state index in [1.54, 1.807) is 43.0 Å². The maximum atomic E-state index is 5.25. The van der Waals surface area contributed by atoms with Crippen molar-refractivity contribution >= 4 is 17.6 Å². The van der Waals surface area contributed by atoms with Crippen molar-refractivity contribution < 1.29 is 0 Å². The molecule has 0 fully saturated rings. The second kappa shape index (κ2) is 9.62. The Hall–Kier alpha value is -3.29. The molecular formula is C13H16N8. The minimum absolute atomic E-state index is 0.322. The first kappa shape index (κ1) is 15.8. The molecule has 0 aromatic carbocycles. The molecule has 0 aliphatic carbocycles. The smallest absolute Gasteiger partial charge is 0.219 e. The van der Waals surface area contributed by atoms with Crippen molar-refractivity contribution in [1.29, 1.82) is 0 Å². The molecule has 8 nitrogen and oxygen atoms in total. The molecule has 0 bridgehead atoms. The summed E-state index contributed by atoms with van der Waals surface area (Å²) in [6.07, 6.45) is 7.87. The van der Waals surface area contributed by atoms with Gasteiger partial charge in [0.15, 0.2) is 0 Å². The largest absolute Gasteiger partial charge is 0.384 e. The molecular weight excluding hydrogens is 268 g/mol. The quantitative estimate of drug-likeness (QED) is 0.549. The zero-order chi connectivity index (χ0) is 15.3. The Morgan fingerprint density at radius 1 is 0.619 bits per heavy atom. The molecule has 3 aromatic rings. The van der Waals surface area contributed by atoms with Gasteiger partial charge in [-0.2, -0.15) is 0 Å². The zero-order valence-electron chi connectivity index (χ0n) is 11.2. The van der Waals surface area contributed by atoms with E-state index in [2.05, 4.69) is 24.9 Å². The van der Waals surface area contributed by atoms with Gasteiger partial charge in [-0.15, -0.1) is 0 Å². The third-order valence-electron chi connectivity index (χ3n) is 1.88. The van der Waals surface area contributed by atoms with E-state index in [-0.39, 0.29) is 0 Å². The first-order valence-electron chi connectivity index (χ1n) is 5.89. The van der Waals surface area contributed by atoms with Crippen LogP contribution in [0.2, 0.25) is 0 Å². The van der Waals surface area contributed by atoms with Gasteiger partial charge < -0.3 is 17.2 Å². The zero-order valence-corrected chi connectivity index (χ0v) is 11.2. The summed E-state index contributed by atoms with van der Waals surface area (Å²) in [5, 5.41) is 0. The molecule has 0 atom stereocenters. The van der Waals surface area contributed by atoms with E-state index < -0.39 is 0 Å². The fourth-order valence-corrected chi connectivity index (χ4v) is 0.988. The third-order valence-corrected chi connectivity index (χ3v) is 1.88. The number of nitrogens with zero attached hydrogens (tertiary/aromatic N) is 5. The van der Waals surface area contributed by atoms with Crippen LogP contribution in [0, 0.1) is 0 Å². The average molecular weight is 284 g/mol. The van der Waals surface area contributed by atoms with Crippen molar-refractivity contribution in [2.45, 2.75) is 0 Å². The number of rotatable bonds is 0. The van der Waals surface area contributed by atoms with Crippen molar-refractivity contribution in [3.05, 3.63) is 61.4 Å². The third kappa shape index (κ3) is 8.43. The van der Waals surface area contributed by atoms with Crippen LogP contribution in [0.25, 0.3) is 0 Å². The Morgan fingerprint density at radius 2 is 1.29 bits per heavy atom. The van der Waals surface area contributed by atoms with Crippen molar-refractivity contribution in [1.82, 2.24) is 24.9 Å². The molecule has 0 aliphatic rings. The summed E-state index contributed by atoms with van der Waals surface area (Å²) >= 11 is 0. The van der Waals surface area contributed by atoms with E-state index in [1.165, 1.54) is 6.33 Å². The van der Waals surface area contributed by atoms with E-state index in [0.29, 0.717) is 17.6 Å². The number of aromatic nitrogens is 5. The van der Waals surface area contributed by atoms with Crippen LogP contribution < -0.4 is 17.2 Å². The lowest BCUT2D eigenvalue weighted by atomic mass is 10.5. The van der Waals surface area contributed by atoms with Gasteiger partial charge in [-0.3, -0.25) is 0 Å². The number of nitrogens with two attached hydrogens (primary N) is 3. The van der Waals surface area contributed by atoms with Gasteiger partial charge in [0, 0.05) is 24.8 Å². The fourth-order valence-electron chi connectivity index (χ4n) is 0.988. The summed E-state index contributed by atoms with van der Waals surface area (Å²) in [5.74, 6) is 1.40. The Morgan fingerprint density at radius 3 is 1.57 bits per heavy atom. The monoisotopic (exact) mass is 284 g/mol. The van der Waals surface area contributed by atoms with Gasteiger partial charge in [-0.1, -0.05) is 6.07 Å². The second-order valence-corrected chi connectivity index (χ2v) is 3.50. The van der Waals surface area contributed by atoms with Crippen molar-refractivity contribution in [3.8, 4) is 0 Å². The molecule has 3 rings (SSSR count). The first-order chi connectivity index (χ1) is 10.2. The summed E-state index contributed by atoms with van der Waals surface area (Å²) < 4.78 is 0. The predicted molar refractivity (Wildman–Crippen MR) is 81.5 cm³/mol. The fraction of sp³-hybridized carbons (Fsp3) is 0. The molecule has 0 amide bonds. The maximum Gasteiger partial charge on any atom is 0.219 e. The molecule has 0 saturated heterocycles. The van der Waals surface area contributed by atoms with Crippen molar-refractivity contribution in [2.24, 2.45) is 0 Å². The molecule has 0 radical (unpaired) electrons. The molecule has 3 heterocycles. The van der Waals surface area contributed by atoms with Crippen LogP contribution in [0.4, 0.5) is 17.6 Å². The minimum Gasteiger partial charge on any atom is -0.384 e. The topological polar surface area (TPSA) is 143 Å². The van der Waals surface area contributed by atoms with Crippen LogP contribution in [0.1, 0.15) is 0 Å². The van der Waals surface area contributed by atoms with Gasteiger partial charge in [0.1, 0.15) is 18.0 Å². The maximum absolute atomic E-state index is 5.25. The minimum atomic E-state index is 0.322. The van der Waals surface area contributed by atoms with Crippen LogP contribution in [-0.4, -0.2) is 24.9 Å². The van der Waals surface area contributed by atoms with E-state index in [0.717, 1.165) is 0 Å². The highest BCUT2D eigenvalue weighted by Crippen LogP contribution is 1.89. The molecule has 108 valence electrons. The second-order valence-electron chi connectivity index (χ2n) is 3.50. The highest BCUT2D eigenvalue weighted by Gasteiger charge is 1.75. The van der Waals surface area contributed by atoms with Crippen LogP contribution in [0.15, 0.2) is 61.4 Å². The molecule has 0 saturated carbocycles. The summed E-state index contributed by atoms with van der Waals surface area (Å²) in [7, 11) is 0. The molecule has 6 N–H and O–H groups in total. The average Bonchev–Trinajstić information content (AvgIpc) is 2.51. The summed E-state index contributed by atoms with van der Waals surface area (Å²) in [5.41, 5.74) is 15.6. The van der Waals surface area contributed by atoms with E-state index in [9.17, 15) is 0 Å². The van der Waals surface area contributed by atoms with Crippen molar-refractivity contribution in [3.63, 3.8) is 0 Å². The Bertz CT molecular complexity index is 499. The van der Waals surface area contributed by atoms with Crippen LogP contribution in [-0.2, 0) is 0 Å². The van der Waals surface area contributed by atoms with Gasteiger partial charge in [0.05, 0.1) is 0 Å². The molecule has 0 unspecified atom stereocenters. The van der Waals surface area contributed by atoms with Gasteiger partial charge >= 0.3 is 0 Å². The number of hydrogen-bond donors (Lipinski definition) is 3. The van der Waals surface area contributed by atoms with E-state index >= 15 is 0 Å². The molecule has 0 aliphatic heterocycles. The van der Waals surface area contributed by atoms with Crippen LogP contribution >= 0.6 is 0 Å². The summed E-state index contributed by atoms with van der Waals surface area (Å²) in [6.45, 7) is 0. The van der Waals surface area contributed by atoms with Gasteiger partial charge in [0.2, 0.25) is 5.95 Å². The van der Waals surface area contributed by atoms with Gasteiger partial charge in [-0.05, 0) is 24.3 Å². The highest BCUT2D eigenvalue weighted by atomic mass is 15.0. The van der Waals surface area contributed by atoms with Gasteiger partial charge in [-0.25, -0.2) is 24.9 Å². The van der Waals surface area contributed by atoms with Crippen LogP contribution in [0.5, 0.6) is 0 Å². The molecule has 21 heavy (non-hydrogen) atoms. The van der Waals surface area contributed by atoms with E-state index in [1.807, 2.05) is 12.1 Å². The Balaban J connectivity index is 0.000000157. The summed E-state index contributed by atoms with van der Waals surface area (Å²) in [4.78, 5) is 18.3. The predicted octanol–water partition coefficient (Wildman–Crippen LogP) is 0.781. The number of anilines is 3. The highest BCUT2D eigenvalue weighted by molar-refractivity contribution is 5.25. The molecule has 8 heteroatoms. The standard InChI is InChI=1S/C5H6N2.2C4H5N3/c6-5-3-1-2-4-7-5;5-4-1-2-6-3-7-4;5-4-6-2-1-3-7-4/h1-4H,(H2,6,7);2*1-3H,(H2,5,6,7). The summed E-state index contributed by atoms with van der Waals surface area (Å²) in [6, 6.07) is 8.79. The Kier molecular flexibility index (Phi) is 7.22. The SMILES string of the molecule is Nc1ccccn1.Nc1ccncn1.Nc1ncccn1. The van der Waals surface area contributed by atoms with Gasteiger partial charge in [0.25, 0.3) is 0 Å². The number of hydrogen-bond acceptors (Lipinski definition) is 8. The lowest BCUT2D eigenvalue weighted by Crippen LogP contribution is -1.90. The van der Waals surface area contributed by atoms with Crippen molar-refractivity contribution in [2.75, 3.05) is 17.2 Å². The first-order valence-corrected chi connectivity index (χ1v) is 5.89. The molecule has 3 aromatic heterocycles. The number of nitrogen functional groups attached to an aromatic ring is 3. The lowest BCUT2D eigenvalue weighted by molar-refractivity contribution is 1.18. The van der Waals surface area contributed by atoms with Crippen LogP contribution in [0.3, 0.4) is 0 Å². The van der Waals surface area contributed by atoms with E-state index in [4.69, 9.17) is 17.2 Å². The lowest BCUT2D eigenvalue weighted by Gasteiger charge is -1.82.